The van der Waals surface area contributed by atoms with Crippen LogP contribution in [0.25, 0.3) is 5.69 Å². The predicted octanol–water partition coefficient (Wildman–Crippen LogP) is 3.84. The molecule has 0 bridgehead atoms. The highest BCUT2D eigenvalue weighted by atomic mass is 16.6. The first-order valence-corrected chi connectivity index (χ1v) is 8.99. The van der Waals surface area contributed by atoms with E-state index < -0.39 is 10.8 Å². The maximum Gasteiger partial charge on any atom is 0.290 e. The average molecular weight is 391 g/mol. The summed E-state index contributed by atoms with van der Waals surface area (Å²) < 4.78 is 1.59. The maximum atomic E-state index is 12.7. The molecule has 1 heterocycles. The van der Waals surface area contributed by atoms with Crippen molar-refractivity contribution in [3.05, 3.63) is 87.7 Å². The first-order valence-electron chi connectivity index (χ1n) is 8.99. The highest BCUT2D eigenvalue weighted by molar-refractivity contribution is 5.94. The van der Waals surface area contributed by atoms with Crippen molar-refractivity contribution in [2.45, 2.75) is 26.2 Å². The topological polar surface area (TPSA) is 102 Å². The van der Waals surface area contributed by atoms with Gasteiger partial charge in [0.25, 0.3) is 11.6 Å². The van der Waals surface area contributed by atoms with Gasteiger partial charge in [-0.05, 0) is 35.9 Å². The number of hydrogen-bond donors (Lipinski definition) is 1. The fourth-order valence-corrected chi connectivity index (χ4v) is 2.58. The predicted molar refractivity (Wildman–Crippen MR) is 110 cm³/mol. The highest BCUT2D eigenvalue weighted by Crippen LogP contribution is 2.23. The van der Waals surface area contributed by atoms with Gasteiger partial charge in [-0.15, -0.1) is 0 Å². The summed E-state index contributed by atoms with van der Waals surface area (Å²) in [5, 5.41) is 19.3. The number of nitrogens with zero attached hydrogens (tertiary/aromatic N) is 4. The van der Waals surface area contributed by atoms with Gasteiger partial charge in [-0.2, -0.15) is 10.2 Å². The summed E-state index contributed by atoms with van der Waals surface area (Å²) in [5.74, 6) is -0.407. The zero-order valence-electron chi connectivity index (χ0n) is 16.4. The van der Waals surface area contributed by atoms with Crippen LogP contribution in [-0.2, 0) is 5.41 Å². The smallest absolute Gasteiger partial charge is 0.266 e. The number of nitro benzene ring substituents is 1. The largest absolute Gasteiger partial charge is 0.290 e. The van der Waals surface area contributed by atoms with Crippen LogP contribution in [0, 0.1) is 10.1 Å². The Morgan fingerprint density at radius 3 is 2.38 bits per heavy atom. The molecule has 8 heteroatoms. The van der Waals surface area contributed by atoms with Crippen LogP contribution in [-0.4, -0.2) is 26.8 Å². The molecule has 8 nitrogen and oxygen atoms in total. The summed E-state index contributed by atoms with van der Waals surface area (Å²) in [4.78, 5) is 23.0. The molecule has 0 saturated carbocycles. The van der Waals surface area contributed by atoms with E-state index in [0.29, 0.717) is 11.3 Å². The zero-order chi connectivity index (χ0) is 21.0. The third kappa shape index (κ3) is 4.73. The molecule has 148 valence electrons. The van der Waals surface area contributed by atoms with Crippen LogP contribution >= 0.6 is 0 Å². The van der Waals surface area contributed by atoms with Gasteiger partial charge in [0.1, 0.15) is 5.69 Å². The van der Waals surface area contributed by atoms with E-state index in [-0.39, 0.29) is 11.1 Å². The van der Waals surface area contributed by atoms with Gasteiger partial charge in [0.15, 0.2) is 0 Å². The first kappa shape index (κ1) is 19.9. The molecular formula is C21H21N5O3. The monoisotopic (exact) mass is 391 g/mol. The van der Waals surface area contributed by atoms with Crippen LogP contribution in [0.5, 0.6) is 0 Å². The van der Waals surface area contributed by atoms with Gasteiger partial charge in [0.2, 0.25) is 0 Å². The van der Waals surface area contributed by atoms with Crippen molar-refractivity contribution >= 4 is 17.8 Å². The maximum absolute atomic E-state index is 12.7. The van der Waals surface area contributed by atoms with E-state index in [1.54, 1.807) is 22.9 Å². The Labute approximate surface area is 168 Å². The molecule has 0 aliphatic rings. The Morgan fingerprint density at radius 2 is 1.79 bits per heavy atom. The molecule has 0 spiro atoms. The Bertz CT molecular complexity index is 1050. The van der Waals surface area contributed by atoms with Gasteiger partial charge in [0.05, 0.1) is 22.5 Å². The van der Waals surface area contributed by atoms with Crippen molar-refractivity contribution in [3.63, 3.8) is 0 Å². The van der Waals surface area contributed by atoms with Gasteiger partial charge in [-0.1, -0.05) is 39.0 Å². The lowest BCUT2D eigenvalue weighted by Crippen LogP contribution is -2.21. The quantitative estimate of drug-likeness (QED) is 0.405. The SMILES string of the molecule is CC(C)(C)c1cc(C(=O)N/N=C/c2ccc([N+](=O)[O-])cc2)n(-c2ccccc2)n1. The van der Waals surface area contributed by atoms with Crippen molar-refractivity contribution in [2.24, 2.45) is 5.10 Å². The minimum absolute atomic E-state index is 0.00680. The number of nitrogens with one attached hydrogen (secondary N) is 1. The molecule has 0 fully saturated rings. The minimum atomic E-state index is -0.472. The molecule has 1 amide bonds. The number of carbonyl (C=O) groups excluding carboxylic acids is 1. The van der Waals surface area contributed by atoms with Crippen LogP contribution in [0.4, 0.5) is 5.69 Å². The standard InChI is InChI=1S/C21H21N5O3/c1-21(2,3)19-13-18(25(24-19)16-7-5-4-6-8-16)20(27)23-22-14-15-9-11-17(12-10-15)26(28)29/h4-14H,1-3H3,(H,23,27)/b22-14+. The molecule has 0 radical (unpaired) electrons. The lowest BCUT2D eigenvalue weighted by molar-refractivity contribution is -0.384. The normalized spacial score (nSPS) is 11.6. The number of nitro groups is 1. The third-order valence-corrected chi connectivity index (χ3v) is 4.19. The number of rotatable bonds is 5. The second kappa shape index (κ2) is 8.05. The molecule has 0 saturated heterocycles. The van der Waals surface area contributed by atoms with E-state index in [9.17, 15) is 14.9 Å². The molecule has 2 aromatic carbocycles. The number of carbonyl (C=O) groups is 1. The van der Waals surface area contributed by atoms with Crippen LogP contribution in [0.15, 0.2) is 65.8 Å². The first-order chi connectivity index (χ1) is 13.8. The van der Waals surface area contributed by atoms with E-state index in [1.807, 2.05) is 51.1 Å². The van der Waals surface area contributed by atoms with Crippen LogP contribution in [0.3, 0.4) is 0 Å². The summed E-state index contributed by atoms with van der Waals surface area (Å²) in [6, 6.07) is 17.0. The summed E-state index contributed by atoms with van der Waals surface area (Å²) in [7, 11) is 0. The van der Waals surface area contributed by atoms with Gasteiger partial charge in [-0.25, -0.2) is 10.1 Å². The summed E-state index contributed by atoms with van der Waals surface area (Å²) in [5.41, 5.74) is 4.81. The molecule has 1 N–H and O–H groups in total. The molecule has 29 heavy (non-hydrogen) atoms. The number of para-hydroxylation sites is 1. The molecule has 0 aliphatic carbocycles. The summed E-state index contributed by atoms with van der Waals surface area (Å²) >= 11 is 0. The fraction of sp³-hybridized carbons (Fsp3) is 0.190. The Balaban J connectivity index is 1.82. The number of non-ortho nitro benzene ring substituents is 1. The lowest BCUT2D eigenvalue weighted by Gasteiger charge is -2.14. The Kier molecular flexibility index (Phi) is 5.54. The van der Waals surface area contributed by atoms with Crippen molar-refractivity contribution < 1.29 is 9.72 Å². The van der Waals surface area contributed by atoms with Gasteiger partial charge < -0.3 is 0 Å². The van der Waals surface area contributed by atoms with Crippen molar-refractivity contribution in [1.29, 1.82) is 0 Å². The lowest BCUT2D eigenvalue weighted by atomic mass is 9.92. The van der Waals surface area contributed by atoms with E-state index in [0.717, 1.165) is 11.4 Å². The second-order valence-corrected chi connectivity index (χ2v) is 7.46. The number of amides is 1. The van der Waals surface area contributed by atoms with Crippen molar-refractivity contribution in [2.75, 3.05) is 0 Å². The molecule has 0 atom stereocenters. The number of hydrazone groups is 1. The van der Waals surface area contributed by atoms with Crippen LogP contribution in [0.2, 0.25) is 0 Å². The minimum Gasteiger partial charge on any atom is -0.266 e. The molecule has 0 unspecified atom stereocenters. The molecule has 1 aromatic heterocycles. The molecule has 3 rings (SSSR count). The zero-order valence-corrected chi connectivity index (χ0v) is 16.4. The number of aromatic nitrogens is 2. The Hall–Kier alpha value is -3.81. The van der Waals surface area contributed by atoms with Gasteiger partial charge in [-0.3, -0.25) is 14.9 Å². The van der Waals surface area contributed by atoms with Crippen LogP contribution < -0.4 is 5.43 Å². The van der Waals surface area contributed by atoms with Crippen molar-refractivity contribution in [3.8, 4) is 5.69 Å². The van der Waals surface area contributed by atoms with Gasteiger partial charge in [0, 0.05) is 17.5 Å². The third-order valence-electron chi connectivity index (χ3n) is 4.19. The number of hydrogen-bond acceptors (Lipinski definition) is 5. The fourth-order valence-electron chi connectivity index (χ4n) is 2.58. The van der Waals surface area contributed by atoms with E-state index >= 15 is 0 Å². The van der Waals surface area contributed by atoms with Crippen molar-refractivity contribution in [1.82, 2.24) is 15.2 Å². The molecule has 3 aromatic rings. The average Bonchev–Trinajstić information content (AvgIpc) is 3.15. The Morgan fingerprint density at radius 1 is 1.14 bits per heavy atom. The molecule has 0 aliphatic heterocycles. The van der Waals surface area contributed by atoms with E-state index in [1.165, 1.54) is 18.3 Å². The second-order valence-electron chi connectivity index (χ2n) is 7.46. The summed E-state index contributed by atoms with van der Waals surface area (Å²) in [6.45, 7) is 6.08. The highest BCUT2D eigenvalue weighted by Gasteiger charge is 2.23. The number of benzene rings is 2. The van der Waals surface area contributed by atoms with Gasteiger partial charge >= 0.3 is 0 Å². The molecular weight excluding hydrogens is 370 g/mol. The van der Waals surface area contributed by atoms with Crippen LogP contribution in [0.1, 0.15) is 42.5 Å². The van der Waals surface area contributed by atoms with E-state index in [2.05, 4.69) is 15.6 Å². The summed E-state index contributed by atoms with van der Waals surface area (Å²) in [6.07, 6.45) is 1.43. The van der Waals surface area contributed by atoms with E-state index in [4.69, 9.17) is 0 Å².